The highest BCUT2D eigenvalue weighted by Gasteiger charge is 2.32. The smallest absolute Gasteiger partial charge is 0.136 e. The van der Waals surface area contributed by atoms with Crippen LogP contribution in [-0.4, -0.2) is 10.2 Å². The summed E-state index contributed by atoms with van der Waals surface area (Å²) < 4.78 is 1.78. The lowest BCUT2D eigenvalue weighted by atomic mass is 9.73. The minimum atomic E-state index is -0.00188. The molecule has 2 rings (SSSR count). The Kier molecular flexibility index (Phi) is 7.67. The van der Waals surface area contributed by atoms with E-state index in [-0.39, 0.29) is 23.3 Å². The average Bonchev–Trinajstić information content (AvgIpc) is 2.56. The minimum Gasteiger partial charge on any atom is -0.506 e. The molecule has 0 heterocycles. The van der Waals surface area contributed by atoms with Gasteiger partial charge in [0.25, 0.3) is 0 Å². The highest BCUT2D eigenvalue weighted by Crippen LogP contribution is 2.50. The van der Waals surface area contributed by atoms with E-state index in [0.29, 0.717) is 5.56 Å². The fraction of sp³-hybridized carbons (Fsp3) is 0.524. The van der Waals surface area contributed by atoms with Crippen LogP contribution in [0.5, 0.6) is 11.5 Å². The fourth-order valence-corrected chi connectivity index (χ4v) is 5.90. The van der Waals surface area contributed by atoms with Gasteiger partial charge in [0, 0.05) is 11.5 Å². The van der Waals surface area contributed by atoms with Crippen LogP contribution in [0.4, 0.5) is 0 Å². The maximum Gasteiger partial charge on any atom is 0.136 e. The summed E-state index contributed by atoms with van der Waals surface area (Å²) in [7, 11) is 0. The summed E-state index contributed by atoms with van der Waals surface area (Å²) >= 11 is 4.48. The summed E-state index contributed by atoms with van der Waals surface area (Å²) in [6, 6.07) is 0. The molecule has 1 aromatic carbocycles. The Labute approximate surface area is 179 Å². The summed E-state index contributed by atoms with van der Waals surface area (Å²) in [6.07, 6.45) is 8.59. The molecule has 0 saturated carbocycles. The summed E-state index contributed by atoms with van der Waals surface area (Å²) in [5.41, 5.74) is 4.19. The molecule has 1 aliphatic rings. The van der Waals surface area contributed by atoms with Gasteiger partial charge in [-0.2, -0.15) is 0 Å². The molecule has 0 amide bonds. The zero-order valence-electron chi connectivity index (χ0n) is 15.3. The van der Waals surface area contributed by atoms with Gasteiger partial charge in [-0.1, -0.05) is 43.6 Å². The monoisotopic (exact) mass is 566 g/mol. The second kappa shape index (κ2) is 9.11. The summed E-state index contributed by atoms with van der Waals surface area (Å²) in [5, 5.41) is 21.9. The van der Waals surface area contributed by atoms with E-state index >= 15 is 0 Å². The molecule has 0 aromatic heterocycles. The molecular formula is C21H28I2O2. The second-order valence-corrected chi connectivity index (χ2v) is 9.36. The molecular weight excluding hydrogens is 538 g/mol. The van der Waals surface area contributed by atoms with Gasteiger partial charge in [0.15, 0.2) is 0 Å². The van der Waals surface area contributed by atoms with Crippen molar-refractivity contribution < 1.29 is 10.2 Å². The molecule has 0 aliphatic heterocycles. The molecule has 25 heavy (non-hydrogen) atoms. The zero-order chi connectivity index (χ0) is 18.7. The van der Waals surface area contributed by atoms with Crippen LogP contribution in [-0.2, 0) is 6.42 Å². The Morgan fingerprint density at radius 3 is 2.32 bits per heavy atom. The van der Waals surface area contributed by atoms with Crippen molar-refractivity contribution in [1.82, 2.24) is 0 Å². The third-order valence-electron chi connectivity index (χ3n) is 5.20. The molecule has 2 atom stereocenters. The first kappa shape index (κ1) is 21.1. The Hall–Kier alpha value is -0.240. The molecule has 0 fully saturated rings. The van der Waals surface area contributed by atoms with Crippen molar-refractivity contribution in [3.05, 3.63) is 42.1 Å². The number of benzene rings is 1. The summed E-state index contributed by atoms with van der Waals surface area (Å²) in [6.45, 7) is 10.5. The number of allylic oxidation sites excluding steroid dienone is 3. The molecule has 1 aromatic rings. The molecule has 2 unspecified atom stereocenters. The van der Waals surface area contributed by atoms with Gasteiger partial charge in [0.05, 0.1) is 7.14 Å². The summed E-state index contributed by atoms with van der Waals surface area (Å²) in [4.78, 5) is 0. The Morgan fingerprint density at radius 1 is 1.20 bits per heavy atom. The van der Waals surface area contributed by atoms with Crippen molar-refractivity contribution in [2.45, 2.75) is 65.2 Å². The quantitative estimate of drug-likeness (QED) is 0.220. The topological polar surface area (TPSA) is 40.5 Å². The van der Waals surface area contributed by atoms with Gasteiger partial charge in [0.1, 0.15) is 11.5 Å². The van der Waals surface area contributed by atoms with Gasteiger partial charge in [-0.25, -0.2) is 0 Å². The van der Waals surface area contributed by atoms with Crippen LogP contribution >= 0.6 is 45.2 Å². The molecule has 2 N–H and O–H groups in total. The zero-order valence-corrected chi connectivity index (χ0v) is 19.6. The lowest BCUT2D eigenvalue weighted by Gasteiger charge is -2.32. The van der Waals surface area contributed by atoms with Crippen molar-refractivity contribution in [2.75, 3.05) is 0 Å². The maximum atomic E-state index is 10.9. The third-order valence-corrected chi connectivity index (χ3v) is 7.52. The van der Waals surface area contributed by atoms with Gasteiger partial charge < -0.3 is 10.2 Å². The fourth-order valence-electron chi connectivity index (χ4n) is 3.72. The van der Waals surface area contributed by atoms with E-state index in [2.05, 4.69) is 78.6 Å². The number of aromatic hydroxyl groups is 2. The van der Waals surface area contributed by atoms with Crippen molar-refractivity contribution in [1.29, 1.82) is 0 Å². The van der Waals surface area contributed by atoms with Gasteiger partial charge in [-0.15, -0.1) is 0 Å². The Balaban J connectivity index is 2.54. The maximum absolute atomic E-state index is 10.9. The molecule has 2 nitrogen and oxygen atoms in total. The van der Waals surface area contributed by atoms with Crippen LogP contribution in [0.1, 0.15) is 69.9 Å². The first-order chi connectivity index (χ1) is 11.8. The normalized spacial score (nSPS) is 20.4. The van der Waals surface area contributed by atoms with Crippen LogP contribution in [0.3, 0.4) is 0 Å². The van der Waals surface area contributed by atoms with Gasteiger partial charge in [-0.3, -0.25) is 0 Å². The lowest BCUT2D eigenvalue weighted by molar-refractivity contribution is 0.401. The largest absolute Gasteiger partial charge is 0.506 e. The molecule has 138 valence electrons. The first-order valence-corrected chi connectivity index (χ1v) is 11.2. The highest BCUT2D eigenvalue weighted by atomic mass is 127. The number of phenolic OH excluding ortho intramolecular Hbond substituents is 2. The van der Waals surface area contributed by atoms with E-state index < -0.39 is 0 Å². The van der Waals surface area contributed by atoms with Crippen molar-refractivity contribution in [3.63, 3.8) is 0 Å². The van der Waals surface area contributed by atoms with Crippen LogP contribution in [0.15, 0.2) is 23.8 Å². The Bertz CT molecular complexity index is 663. The first-order valence-electron chi connectivity index (χ1n) is 9.03. The highest BCUT2D eigenvalue weighted by molar-refractivity contribution is 14.1. The van der Waals surface area contributed by atoms with Gasteiger partial charge in [0.2, 0.25) is 0 Å². The molecule has 4 heteroatoms. The third kappa shape index (κ3) is 4.54. The lowest BCUT2D eigenvalue weighted by Crippen LogP contribution is -2.18. The van der Waals surface area contributed by atoms with Crippen LogP contribution in [0.25, 0.3) is 0 Å². The van der Waals surface area contributed by atoms with E-state index in [4.69, 9.17) is 0 Å². The van der Waals surface area contributed by atoms with Crippen molar-refractivity contribution in [2.24, 2.45) is 5.92 Å². The van der Waals surface area contributed by atoms with E-state index in [1.165, 1.54) is 5.57 Å². The van der Waals surface area contributed by atoms with E-state index in [1.807, 2.05) is 0 Å². The number of rotatable bonds is 6. The number of halogens is 2. The second-order valence-electron chi connectivity index (χ2n) is 7.20. The molecule has 1 aliphatic carbocycles. The predicted molar refractivity (Wildman–Crippen MR) is 122 cm³/mol. The predicted octanol–water partition coefficient (Wildman–Crippen LogP) is 7.06. The number of hydrogen-bond acceptors (Lipinski definition) is 2. The van der Waals surface area contributed by atoms with E-state index in [0.717, 1.165) is 56.8 Å². The van der Waals surface area contributed by atoms with Crippen LogP contribution in [0.2, 0.25) is 0 Å². The van der Waals surface area contributed by atoms with E-state index in [1.54, 1.807) is 0 Å². The summed E-state index contributed by atoms with van der Waals surface area (Å²) in [5.74, 6) is 0.774. The minimum absolute atomic E-state index is 0.00188. The van der Waals surface area contributed by atoms with Gasteiger partial charge in [-0.05, 0) is 96.2 Å². The van der Waals surface area contributed by atoms with Crippen molar-refractivity contribution >= 4 is 45.2 Å². The Morgan fingerprint density at radius 2 is 1.80 bits per heavy atom. The van der Waals surface area contributed by atoms with Crippen LogP contribution < -0.4 is 0 Å². The standard InChI is InChI=1S/C21H28I2O2/c1-5-6-7-8-15-18(22)20(24)17(21(25)19(15)23)16-11-13(4)9-10-14(16)12(2)3/h11,14,16,24-25H,2,5-10H2,1,3-4H3. The molecule has 0 spiro atoms. The average molecular weight is 566 g/mol. The SMILES string of the molecule is C=C(C)C1CCC(C)=CC1c1c(O)c(I)c(CCCCC)c(I)c1O. The van der Waals surface area contributed by atoms with Crippen LogP contribution in [0, 0.1) is 13.1 Å². The molecule has 0 bridgehead atoms. The van der Waals surface area contributed by atoms with E-state index in [9.17, 15) is 10.2 Å². The number of hydrogen-bond donors (Lipinski definition) is 2. The molecule has 0 radical (unpaired) electrons. The number of unbranched alkanes of at least 4 members (excludes halogenated alkanes) is 2. The number of phenols is 2. The van der Waals surface area contributed by atoms with Gasteiger partial charge >= 0.3 is 0 Å². The van der Waals surface area contributed by atoms with Crippen molar-refractivity contribution in [3.8, 4) is 11.5 Å². The molecule has 0 saturated heterocycles.